The van der Waals surface area contributed by atoms with E-state index in [2.05, 4.69) is 42.9 Å². The van der Waals surface area contributed by atoms with E-state index in [0.717, 1.165) is 0 Å². The van der Waals surface area contributed by atoms with E-state index < -0.39 is 0 Å². The van der Waals surface area contributed by atoms with Gasteiger partial charge in [-0.25, -0.2) is 0 Å². The number of nitrogens with zero attached hydrogens (tertiary/aromatic N) is 2. The molecule has 1 rings (SSSR count). The lowest BCUT2D eigenvalue weighted by Gasteiger charge is -2.45. The second-order valence-corrected chi connectivity index (χ2v) is 6.67. The lowest BCUT2D eigenvalue weighted by Crippen LogP contribution is -2.57. The van der Waals surface area contributed by atoms with Gasteiger partial charge in [-0.05, 0) is 59.8 Å². The Labute approximate surface area is 120 Å². The van der Waals surface area contributed by atoms with Crippen molar-refractivity contribution in [3.63, 3.8) is 0 Å². The number of rotatable bonds is 9. The highest BCUT2D eigenvalue weighted by molar-refractivity contribution is 4.87. The van der Waals surface area contributed by atoms with Crippen LogP contribution in [0.4, 0.5) is 0 Å². The van der Waals surface area contributed by atoms with Gasteiger partial charge in [-0.15, -0.1) is 0 Å². The molecular weight excluding hydrogens is 234 g/mol. The first-order chi connectivity index (χ1) is 9.06. The quantitative estimate of drug-likeness (QED) is 0.649. The fourth-order valence-electron chi connectivity index (χ4n) is 2.77. The molecule has 0 atom stereocenters. The monoisotopic (exact) mass is 269 g/mol. The van der Waals surface area contributed by atoms with Gasteiger partial charge in [0.2, 0.25) is 0 Å². The van der Waals surface area contributed by atoms with Gasteiger partial charge in [0.1, 0.15) is 0 Å². The normalized spacial score (nSPS) is 20.8. The van der Waals surface area contributed by atoms with E-state index in [1.807, 2.05) is 0 Å². The van der Waals surface area contributed by atoms with Crippen LogP contribution in [-0.4, -0.2) is 61.7 Å². The van der Waals surface area contributed by atoms with Crippen LogP contribution < -0.4 is 5.32 Å². The molecule has 0 aromatic heterocycles. The smallest absolute Gasteiger partial charge is 0.0277 e. The summed E-state index contributed by atoms with van der Waals surface area (Å²) < 4.78 is 0. The second kappa shape index (κ2) is 8.93. The molecule has 114 valence electrons. The molecule has 0 radical (unpaired) electrons. The summed E-state index contributed by atoms with van der Waals surface area (Å²) in [6.07, 6.45) is 6.73. The number of hydrogen-bond acceptors (Lipinski definition) is 3. The maximum absolute atomic E-state index is 3.48. The predicted molar refractivity (Wildman–Crippen MR) is 84.8 cm³/mol. The molecule has 1 N–H and O–H groups in total. The Bertz CT molecular complexity index is 228. The highest BCUT2D eigenvalue weighted by Crippen LogP contribution is 2.19. The fourth-order valence-corrected chi connectivity index (χ4v) is 2.77. The van der Waals surface area contributed by atoms with Crippen molar-refractivity contribution in [2.75, 3.05) is 46.3 Å². The molecule has 1 fully saturated rings. The first-order valence-corrected chi connectivity index (χ1v) is 8.20. The van der Waals surface area contributed by atoms with E-state index in [1.54, 1.807) is 0 Å². The van der Waals surface area contributed by atoms with Gasteiger partial charge < -0.3 is 10.2 Å². The van der Waals surface area contributed by atoms with Crippen molar-refractivity contribution < 1.29 is 0 Å². The van der Waals surface area contributed by atoms with Gasteiger partial charge in [0, 0.05) is 25.2 Å². The summed E-state index contributed by atoms with van der Waals surface area (Å²) in [5, 5.41) is 3.48. The fraction of sp³-hybridized carbons (Fsp3) is 1.00. The van der Waals surface area contributed by atoms with Crippen molar-refractivity contribution in [3.05, 3.63) is 0 Å². The average Bonchev–Trinajstić information content (AvgIpc) is 2.36. The Hall–Kier alpha value is -0.120. The van der Waals surface area contributed by atoms with Gasteiger partial charge >= 0.3 is 0 Å². The Morgan fingerprint density at radius 2 is 1.74 bits per heavy atom. The summed E-state index contributed by atoms with van der Waals surface area (Å²) in [7, 11) is 2.25. The zero-order chi connectivity index (χ0) is 14.1. The molecule has 0 amide bonds. The van der Waals surface area contributed by atoms with Crippen LogP contribution in [0.25, 0.3) is 0 Å². The molecular formula is C16H35N3. The standard InChI is InChI=1S/C16H35N3/c1-5-10-17-11-8-6-7-9-12-19-14-13-18(4)16(2,3)15-19/h17H,5-15H2,1-4H3. The zero-order valence-electron chi connectivity index (χ0n) is 13.7. The molecule has 0 saturated carbocycles. The van der Waals surface area contributed by atoms with Crippen molar-refractivity contribution in [2.45, 2.75) is 58.4 Å². The molecule has 0 spiro atoms. The summed E-state index contributed by atoms with van der Waals surface area (Å²) in [6, 6.07) is 0. The van der Waals surface area contributed by atoms with E-state index in [9.17, 15) is 0 Å². The van der Waals surface area contributed by atoms with Gasteiger partial charge in [0.25, 0.3) is 0 Å². The minimum Gasteiger partial charge on any atom is -0.317 e. The molecule has 0 aliphatic carbocycles. The molecule has 1 saturated heterocycles. The van der Waals surface area contributed by atoms with Crippen LogP contribution in [0.5, 0.6) is 0 Å². The molecule has 0 aromatic rings. The summed E-state index contributed by atoms with van der Waals surface area (Å²) in [4.78, 5) is 5.14. The lowest BCUT2D eigenvalue weighted by molar-refractivity contribution is 0.0393. The van der Waals surface area contributed by atoms with Crippen LogP contribution in [0.2, 0.25) is 0 Å². The van der Waals surface area contributed by atoms with Crippen molar-refractivity contribution in [1.82, 2.24) is 15.1 Å². The molecule has 0 bridgehead atoms. The third-order valence-corrected chi connectivity index (χ3v) is 4.40. The predicted octanol–water partition coefficient (Wildman–Crippen LogP) is 2.57. The first kappa shape index (κ1) is 16.9. The van der Waals surface area contributed by atoms with Gasteiger partial charge in [0.05, 0.1) is 0 Å². The largest absolute Gasteiger partial charge is 0.317 e. The topological polar surface area (TPSA) is 18.5 Å². The minimum absolute atomic E-state index is 0.350. The van der Waals surface area contributed by atoms with E-state index in [0.29, 0.717) is 5.54 Å². The van der Waals surface area contributed by atoms with Crippen LogP contribution in [0, 0.1) is 0 Å². The van der Waals surface area contributed by atoms with Crippen molar-refractivity contribution in [1.29, 1.82) is 0 Å². The maximum Gasteiger partial charge on any atom is 0.0277 e. The molecule has 1 heterocycles. The molecule has 1 aliphatic rings. The van der Waals surface area contributed by atoms with Crippen LogP contribution in [0.3, 0.4) is 0 Å². The number of nitrogens with one attached hydrogen (secondary N) is 1. The number of piperazine rings is 1. The van der Waals surface area contributed by atoms with Gasteiger partial charge in [-0.3, -0.25) is 4.90 Å². The van der Waals surface area contributed by atoms with Crippen LogP contribution >= 0.6 is 0 Å². The zero-order valence-corrected chi connectivity index (χ0v) is 13.7. The number of unbranched alkanes of at least 4 members (excludes halogenated alkanes) is 3. The van der Waals surface area contributed by atoms with E-state index in [-0.39, 0.29) is 0 Å². The molecule has 19 heavy (non-hydrogen) atoms. The Morgan fingerprint density at radius 3 is 2.42 bits per heavy atom. The summed E-state index contributed by atoms with van der Waals surface area (Å²) in [5.74, 6) is 0. The molecule has 3 heteroatoms. The van der Waals surface area contributed by atoms with E-state index in [4.69, 9.17) is 0 Å². The van der Waals surface area contributed by atoms with Crippen molar-refractivity contribution in [3.8, 4) is 0 Å². The molecule has 0 aromatic carbocycles. The van der Waals surface area contributed by atoms with Crippen LogP contribution in [0.1, 0.15) is 52.9 Å². The highest BCUT2D eigenvalue weighted by Gasteiger charge is 2.30. The second-order valence-electron chi connectivity index (χ2n) is 6.67. The summed E-state index contributed by atoms with van der Waals surface area (Å²) >= 11 is 0. The lowest BCUT2D eigenvalue weighted by atomic mass is 9.99. The first-order valence-electron chi connectivity index (χ1n) is 8.20. The van der Waals surface area contributed by atoms with Crippen LogP contribution in [0.15, 0.2) is 0 Å². The number of hydrogen-bond donors (Lipinski definition) is 1. The molecule has 0 unspecified atom stereocenters. The SMILES string of the molecule is CCCNCCCCCCN1CCN(C)C(C)(C)C1. The maximum atomic E-state index is 3.48. The van der Waals surface area contributed by atoms with E-state index >= 15 is 0 Å². The van der Waals surface area contributed by atoms with Crippen molar-refractivity contribution in [2.24, 2.45) is 0 Å². The Balaban J connectivity index is 1.98. The third-order valence-electron chi connectivity index (χ3n) is 4.40. The number of likely N-dealkylation sites (N-methyl/N-ethyl adjacent to an activating group) is 1. The van der Waals surface area contributed by atoms with Crippen LogP contribution in [-0.2, 0) is 0 Å². The third kappa shape index (κ3) is 6.73. The summed E-state index contributed by atoms with van der Waals surface area (Å²) in [6.45, 7) is 14.3. The average molecular weight is 269 g/mol. The van der Waals surface area contributed by atoms with Gasteiger partial charge in [-0.2, -0.15) is 0 Å². The van der Waals surface area contributed by atoms with E-state index in [1.165, 1.54) is 71.4 Å². The Kier molecular flexibility index (Phi) is 7.96. The van der Waals surface area contributed by atoms with Gasteiger partial charge in [0.15, 0.2) is 0 Å². The molecule has 1 aliphatic heterocycles. The van der Waals surface area contributed by atoms with Crippen molar-refractivity contribution >= 4 is 0 Å². The Morgan fingerprint density at radius 1 is 1.00 bits per heavy atom. The minimum atomic E-state index is 0.350. The van der Waals surface area contributed by atoms with Gasteiger partial charge in [-0.1, -0.05) is 19.8 Å². The molecule has 3 nitrogen and oxygen atoms in total. The summed E-state index contributed by atoms with van der Waals surface area (Å²) in [5.41, 5.74) is 0.350. The highest BCUT2D eigenvalue weighted by atomic mass is 15.3.